The maximum Gasteiger partial charge on any atom is 0.139 e. The van der Waals surface area contributed by atoms with Gasteiger partial charge in [0, 0.05) is 17.4 Å². The van der Waals surface area contributed by atoms with Crippen molar-refractivity contribution in [2.24, 2.45) is 5.73 Å². The fourth-order valence-corrected chi connectivity index (χ4v) is 2.52. The van der Waals surface area contributed by atoms with E-state index < -0.39 is 0 Å². The number of hydrogen-bond donors (Lipinski definition) is 1. The molecule has 18 heavy (non-hydrogen) atoms. The Morgan fingerprint density at radius 1 is 1.28 bits per heavy atom. The zero-order valence-electron chi connectivity index (χ0n) is 10.1. The highest BCUT2D eigenvalue weighted by Gasteiger charge is 2.08. The first-order chi connectivity index (χ1) is 8.79. The Bertz CT molecular complexity index is 508. The normalized spacial score (nSPS) is 10.5. The SMILES string of the molecule is NCCCC(=O)Cc1nc(-c2ccccc2)cs1. The third kappa shape index (κ3) is 3.48. The Morgan fingerprint density at radius 3 is 2.78 bits per heavy atom. The molecule has 0 bridgehead atoms. The molecule has 1 aromatic carbocycles. The molecule has 1 heterocycles. The average molecular weight is 260 g/mol. The van der Waals surface area contributed by atoms with E-state index in [0.29, 0.717) is 19.4 Å². The van der Waals surface area contributed by atoms with Gasteiger partial charge in [0.25, 0.3) is 0 Å². The highest BCUT2D eigenvalue weighted by molar-refractivity contribution is 7.10. The summed E-state index contributed by atoms with van der Waals surface area (Å²) in [6, 6.07) is 10.00. The van der Waals surface area contributed by atoms with Gasteiger partial charge in [0.1, 0.15) is 10.8 Å². The molecule has 0 unspecified atom stereocenters. The highest BCUT2D eigenvalue weighted by Crippen LogP contribution is 2.22. The molecule has 0 fully saturated rings. The lowest BCUT2D eigenvalue weighted by Crippen LogP contribution is -2.06. The van der Waals surface area contributed by atoms with Crippen molar-refractivity contribution in [1.82, 2.24) is 4.98 Å². The largest absolute Gasteiger partial charge is 0.330 e. The van der Waals surface area contributed by atoms with Crippen LogP contribution in [-0.2, 0) is 11.2 Å². The summed E-state index contributed by atoms with van der Waals surface area (Å²) in [6.45, 7) is 0.568. The molecule has 2 N–H and O–H groups in total. The molecule has 2 aromatic rings. The summed E-state index contributed by atoms with van der Waals surface area (Å²) < 4.78 is 0. The second-order valence-corrected chi connectivity index (χ2v) is 5.04. The first kappa shape index (κ1) is 12.9. The summed E-state index contributed by atoms with van der Waals surface area (Å²) in [5.41, 5.74) is 7.42. The Hall–Kier alpha value is -1.52. The molecule has 0 spiro atoms. The number of benzene rings is 1. The molecule has 0 aliphatic carbocycles. The molecule has 1 aromatic heterocycles. The van der Waals surface area contributed by atoms with Gasteiger partial charge >= 0.3 is 0 Å². The van der Waals surface area contributed by atoms with E-state index in [-0.39, 0.29) is 5.78 Å². The van der Waals surface area contributed by atoms with Crippen LogP contribution in [0.3, 0.4) is 0 Å². The molecule has 0 amide bonds. The van der Waals surface area contributed by atoms with Crippen molar-refractivity contribution in [1.29, 1.82) is 0 Å². The summed E-state index contributed by atoms with van der Waals surface area (Å²) >= 11 is 1.54. The monoisotopic (exact) mass is 260 g/mol. The maximum atomic E-state index is 11.6. The Morgan fingerprint density at radius 2 is 2.06 bits per heavy atom. The molecule has 0 aliphatic heterocycles. The van der Waals surface area contributed by atoms with Crippen LogP contribution in [0.15, 0.2) is 35.7 Å². The molecule has 0 saturated carbocycles. The number of nitrogens with zero attached hydrogens (tertiary/aromatic N) is 1. The van der Waals surface area contributed by atoms with Crippen LogP contribution in [0.25, 0.3) is 11.3 Å². The van der Waals surface area contributed by atoms with Crippen molar-refractivity contribution >= 4 is 17.1 Å². The van der Waals surface area contributed by atoms with E-state index in [4.69, 9.17) is 5.73 Å². The van der Waals surface area contributed by atoms with E-state index in [1.165, 1.54) is 0 Å². The van der Waals surface area contributed by atoms with Crippen LogP contribution in [-0.4, -0.2) is 17.3 Å². The van der Waals surface area contributed by atoms with Crippen LogP contribution in [0.2, 0.25) is 0 Å². The number of carbonyl (C=O) groups excluding carboxylic acids is 1. The third-order valence-electron chi connectivity index (χ3n) is 2.63. The molecule has 4 heteroatoms. The Kier molecular flexibility index (Phi) is 4.61. The quantitative estimate of drug-likeness (QED) is 0.868. The van der Waals surface area contributed by atoms with Gasteiger partial charge in [-0.1, -0.05) is 30.3 Å². The Balaban J connectivity index is 2.00. The molecular formula is C14H16N2OS. The van der Waals surface area contributed by atoms with Gasteiger partial charge in [-0.15, -0.1) is 11.3 Å². The topological polar surface area (TPSA) is 56.0 Å². The summed E-state index contributed by atoms with van der Waals surface area (Å²) in [5, 5.41) is 2.89. The molecule has 3 nitrogen and oxygen atoms in total. The number of nitrogens with two attached hydrogens (primary N) is 1. The minimum Gasteiger partial charge on any atom is -0.330 e. The first-order valence-corrected chi connectivity index (χ1v) is 6.89. The molecular weight excluding hydrogens is 244 g/mol. The van der Waals surface area contributed by atoms with E-state index in [9.17, 15) is 4.79 Å². The number of rotatable bonds is 6. The van der Waals surface area contributed by atoms with Gasteiger partial charge in [-0.2, -0.15) is 0 Å². The van der Waals surface area contributed by atoms with Gasteiger partial charge in [-0.25, -0.2) is 4.98 Å². The van der Waals surface area contributed by atoms with E-state index in [1.807, 2.05) is 35.7 Å². The average Bonchev–Trinajstić information content (AvgIpc) is 2.86. The minimum atomic E-state index is 0.217. The van der Waals surface area contributed by atoms with Gasteiger partial charge in [0.05, 0.1) is 12.1 Å². The van der Waals surface area contributed by atoms with Gasteiger partial charge in [-0.3, -0.25) is 4.79 Å². The van der Waals surface area contributed by atoms with Crippen LogP contribution in [0.5, 0.6) is 0 Å². The predicted molar refractivity (Wildman–Crippen MR) is 74.5 cm³/mol. The van der Waals surface area contributed by atoms with Crippen molar-refractivity contribution in [2.45, 2.75) is 19.3 Å². The smallest absolute Gasteiger partial charge is 0.139 e. The predicted octanol–water partition coefficient (Wildman–Crippen LogP) is 2.66. The van der Waals surface area contributed by atoms with Crippen molar-refractivity contribution < 1.29 is 4.79 Å². The lowest BCUT2D eigenvalue weighted by atomic mass is 10.1. The summed E-state index contributed by atoms with van der Waals surface area (Å²) in [5.74, 6) is 0.217. The lowest BCUT2D eigenvalue weighted by Gasteiger charge is -1.97. The van der Waals surface area contributed by atoms with E-state index in [1.54, 1.807) is 11.3 Å². The molecule has 94 valence electrons. The first-order valence-electron chi connectivity index (χ1n) is 6.01. The van der Waals surface area contributed by atoms with Gasteiger partial charge in [0.2, 0.25) is 0 Å². The van der Waals surface area contributed by atoms with Crippen LogP contribution in [0.1, 0.15) is 17.8 Å². The van der Waals surface area contributed by atoms with Crippen LogP contribution < -0.4 is 5.73 Å². The molecule has 0 radical (unpaired) electrons. The van der Waals surface area contributed by atoms with Crippen molar-refractivity contribution in [3.8, 4) is 11.3 Å². The number of ketones is 1. The van der Waals surface area contributed by atoms with E-state index >= 15 is 0 Å². The molecule has 0 saturated heterocycles. The van der Waals surface area contributed by atoms with Gasteiger partial charge in [-0.05, 0) is 13.0 Å². The number of thiazole rings is 1. The maximum absolute atomic E-state index is 11.6. The second kappa shape index (κ2) is 6.42. The third-order valence-corrected chi connectivity index (χ3v) is 3.48. The van der Waals surface area contributed by atoms with Crippen molar-refractivity contribution in [2.75, 3.05) is 6.54 Å². The Labute approximate surface area is 111 Å². The second-order valence-electron chi connectivity index (χ2n) is 4.10. The number of Topliss-reactive ketones (excluding diaryl/α,β-unsaturated/α-hetero) is 1. The van der Waals surface area contributed by atoms with Crippen LogP contribution >= 0.6 is 11.3 Å². The van der Waals surface area contributed by atoms with Gasteiger partial charge in [0.15, 0.2) is 0 Å². The van der Waals surface area contributed by atoms with Crippen LogP contribution in [0, 0.1) is 0 Å². The van der Waals surface area contributed by atoms with E-state index in [2.05, 4.69) is 4.98 Å². The molecule has 0 atom stereocenters. The fourth-order valence-electron chi connectivity index (χ4n) is 1.69. The lowest BCUT2D eigenvalue weighted by molar-refractivity contribution is -0.118. The standard InChI is InChI=1S/C14H16N2OS/c15-8-4-7-12(17)9-14-16-13(10-18-14)11-5-2-1-3-6-11/h1-3,5-6,10H,4,7-9,15H2. The fraction of sp³-hybridized carbons (Fsp3) is 0.286. The number of aromatic nitrogens is 1. The number of carbonyl (C=O) groups is 1. The van der Waals surface area contributed by atoms with Gasteiger partial charge < -0.3 is 5.73 Å². The zero-order chi connectivity index (χ0) is 12.8. The molecule has 0 aliphatic rings. The van der Waals surface area contributed by atoms with Crippen molar-refractivity contribution in [3.05, 3.63) is 40.7 Å². The highest BCUT2D eigenvalue weighted by atomic mass is 32.1. The number of hydrogen-bond acceptors (Lipinski definition) is 4. The summed E-state index contributed by atoms with van der Waals surface area (Å²) in [6.07, 6.45) is 1.74. The minimum absolute atomic E-state index is 0.217. The summed E-state index contributed by atoms with van der Waals surface area (Å²) in [4.78, 5) is 16.1. The molecule has 2 rings (SSSR count). The van der Waals surface area contributed by atoms with E-state index in [0.717, 1.165) is 22.7 Å². The zero-order valence-corrected chi connectivity index (χ0v) is 11.0. The van der Waals surface area contributed by atoms with Crippen molar-refractivity contribution in [3.63, 3.8) is 0 Å². The summed E-state index contributed by atoms with van der Waals surface area (Å²) in [7, 11) is 0. The van der Waals surface area contributed by atoms with Crippen LogP contribution in [0.4, 0.5) is 0 Å².